The minimum absolute atomic E-state index is 0.0698. The lowest BCUT2D eigenvalue weighted by Crippen LogP contribution is -2.36. The number of H-pyrrole nitrogens is 1. The van der Waals surface area contributed by atoms with Crippen LogP contribution in [-0.2, 0) is 0 Å². The summed E-state index contributed by atoms with van der Waals surface area (Å²) in [5.74, 6) is 2.09. The number of nitrogens with one attached hydrogen (secondary N) is 2. The van der Waals surface area contributed by atoms with E-state index in [1.165, 1.54) is 19.2 Å². The Hall–Kier alpha value is -0.590. The zero-order valence-electron chi connectivity index (χ0n) is 10.2. The predicted molar refractivity (Wildman–Crippen MR) is 77.2 cm³/mol. The molecule has 17 heavy (non-hydrogen) atoms. The Balaban J connectivity index is 2.15. The molecule has 0 bridgehead atoms. The highest BCUT2D eigenvalue weighted by molar-refractivity contribution is 14.1. The molecule has 1 aromatic heterocycles. The Labute approximate surface area is 115 Å². The Bertz CT molecular complexity index is 446. The van der Waals surface area contributed by atoms with Gasteiger partial charge in [-0.1, -0.05) is 26.7 Å². The monoisotopic (exact) mass is 347 g/mol. The molecule has 0 amide bonds. The highest BCUT2D eigenvalue weighted by Crippen LogP contribution is 2.31. The molecule has 5 heteroatoms. The van der Waals surface area contributed by atoms with Gasteiger partial charge in [0.05, 0.1) is 6.33 Å². The molecule has 2 rings (SSSR count). The van der Waals surface area contributed by atoms with Gasteiger partial charge in [0, 0.05) is 6.04 Å². The first-order valence-electron chi connectivity index (χ1n) is 6.09. The maximum atomic E-state index is 11.5. The molecule has 1 aromatic rings. The summed E-state index contributed by atoms with van der Waals surface area (Å²) >= 11 is 2.04. The maximum Gasteiger partial charge on any atom is 0.266 e. The van der Waals surface area contributed by atoms with Crippen LogP contribution < -0.4 is 10.9 Å². The molecule has 4 nitrogen and oxygen atoms in total. The van der Waals surface area contributed by atoms with Crippen molar-refractivity contribution in [1.82, 2.24) is 9.97 Å². The summed E-state index contributed by atoms with van der Waals surface area (Å²) < 4.78 is 0.649. The van der Waals surface area contributed by atoms with Gasteiger partial charge in [0.25, 0.3) is 5.56 Å². The second-order valence-electron chi connectivity index (χ2n) is 4.91. The molecule has 94 valence electrons. The molecule has 3 atom stereocenters. The lowest BCUT2D eigenvalue weighted by molar-refractivity contribution is 0.253. The molecular weight excluding hydrogens is 329 g/mol. The van der Waals surface area contributed by atoms with E-state index in [0.29, 0.717) is 15.5 Å². The van der Waals surface area contributed by atoms with Gasteiger partial charge in [-0.3, -0.25) is 4.79 Å². The highest BCUT2D eigenvalue weighted by atomic mass is 127. The third kappa shape index (κ3) is 2.81. The van der Waals surface area contributed by atoms with Gasteiger partial charge < -0.3 is 10.3 Å². The van der Waals surface area contributed by atoms with Crippen LogP contribution in [0.2, 0.25) is 0 Å². The van der Waals surface area contributed by atoms with Gasteiger partial charge in [-0.25, -0.2) is 4.98 Å². The van der Waals surface area contributed by atoms with Crippen LogP contribution in [0.5, 0.6) is 0 Å². The van der Waals surface area contributed by atoms with Crippen molar-refractivity contribution in [1.29, 1.82) is 0 Å². The van der Waals surface area contributed by atoms with Crippen LogP contribution in [0, 0.1) is 15.4 Å². The molecule has 0 radical (unpaired) electrons. The van der Waals surface area contributed by atoms with Crippen LogP contribution in [0.4, 0.5) is 5.82 Å². The zero-order valence-corrected chi connectivity index (χ0v) is 12.3. The quantitative estimate of drug-likeness (QED) is 0.809. The second-order valence-corrected chi connectivity index (χ2v) is 5.99. The van der Waals surface area contributed by atoms with Gasteiger partial charge in [0.1, 0.15) is 9.39 Å². The summed E-state index contributed by atoms with van der Waals surface area (Å²) in [6, 6.07) is 0.432. The van der Waals surface area contributed by atoms with E-state index in [-0.39, 0.29) is 5.56 Å². The van der Waals surface area contributed by atoms with Crippen molar-refractivity contribution in [2.24, 2.45) is 11.8 Å². The molecule has 0 saturated heterocycles. The number of nitrogens with zero attached hydrogens (tertiary/aromatic N) is 1. The van der Waals surface area contributed by atoms with Gasteiger partial charge in [-0.05, 0) is 40.8 Å². The topological polar surface area (TPSA) is 57.8 Å². The lowest BCUT2D eigenvalue weighted by Gasteiger charge is -2.35. The number of hydrogen-bond donors (Lipinski definition) is 2. The van der Waals surface area contributed by atoms with Crippen molar-refractivity contribution in [2.75, 3.05) is 5.32 Å². The first-order valence-corrected chi connectivity index (χ1v) is 7.17. The van der Waals surface area contributed by atoms with Crippen molar-refractivity contribution >= 4 is 28.4 Å². The fourth-order valence-corrected chi connectivity index (χ4v) is 2.90. The van der Waals surface area contributed by atoms with Crippen molar-refractivity contribution < 1.29 is 0 Å². The summed E-state index contributed by atoms with van der Waals surface area (Å²) in [7, 11) is 0. The third-order valence-corrected chi connectivity index (χ3v) is 4.83. The van der Waals surface area contributed by atoms with Crippen LogP contribution >= 0.6 is 22.6 Å². The molecule has 0 aliphatic heterocycles. The Morgan fingerprint density at radius 3 is 3.00 bits per heavy atom. The van der Waals surface area contributed by atoms with Crippen molar-refractivity contribution in [3.8, 4) is 0 Å². The highest BCUT2D eigenvalue weighted by Gasteiger charge is 2.27. The molecule has 0 spiro atoms. The summed E-state index contributed by atoms with van der Waals surface area (Å²) in [5.41, 5.74) is -0.0698. The molecule has 1 fully saturated rings. The van der Waals surface area contributed by atoms with Crippen LogP contribution in [0.1, 0.15) is 33.1 Å². The SMILES string of the molecule is CC1CCCC(Nc2nc[nH]c(=O)c2I)C1C. The van der Waals surface area contributed by atoms with Gasteiger partial charge >= 0.3 is 0 Å². The van der Waals surface area contributed by atoms with Gasteiger partial charge in [-0.2, -0.15) is 0 Å². The first kappa shape index (κ1) is 12.9. The van der Waals surface area contributed by atoms with E-state index in [1.807, 2.05) is 22.6 Å². The Morgan fingerprint density at radius 1 is 1.47 bits per heavy atom. The molecule has 1 saturated carbocycles. The molecule has 2 N–H and O–H groups in total. The molecule has 1 heterocycles. The molecule has 1 aliphatic carbocycles. The van der Waals surface area contributed by atoms with E-state index in [9.17, 15) is 4.79 Å². The second kappa shape index (κ2) is 5.37. The van der Waals surface area contributed by atoms with Crippen LogP contribution in [-0.4, -0.2) is 16.0 Å². The standard InChI is InChI=1S/C12H18IN3O/c1-7-4-3-5-9(8(7)2)16-11-10(13)12(17)15-6-14-11/h6-9H,3-5H2,1-2H3,(H2,14,15,16,17). The lowest BCUT2D eigenvalue weighted by atomic mass is 9.78. The van der Waals surface area contributed by atoms with E-state index in [4.69, 9.17) is 0 Å². The minimum Gasteiger partial charge on any atom is -0.366 e. The number of halogens is 1. The van der Waals surface area contributed by atoms with Crippen molar-refractivity contribution in [3.05, 3.63) is 20.3 Å². The zero-order chi connectivity index (χ0) is 12.4. The largest absolute Gasteiger partial charge is 0.366 e. The van der Waals surface area contributed by atoms with Gasteiger partial charge in [0.2, 0.25) is 0 Å². The van der Waals surface area contributed by atoms with Gasteiger partial charge in [0.15, 0.2) is 0 Å². The molecule has 1 aliphatic rings. The number of hydrogen-bond acceptors (Lipinski definition) is 3. The smallest absolute Gasteiger partial charge is 0.266 e. The normalized spacial score (nSPS) is 29.0. The fraction of sp³-hybridized carbons (Fsp3) is 0.667. The summed E-state index contributed by atoms with van der Waals surface area (Å²) in [6.45, 7) is 4.58. The van der Waals surface area contributed by atoms with Crippen molar-refractivity contribution in [3.63, 3.8) is 0 Å². The molecular formula is C12H18IN3O. The molecule has 3 unspecified atom stereocenters. The van der Waals surface area contributed by atoms with Crippen molar-refractivity contribution in [2.45, 2.75) is 39.2 Å². The summed E-state index contributed by atoms with van der Waals surface area (Å²) in [4.78, 5) is 18.3. The van der Waals surface area contributed by atoms with Crippen LogP contribution in [0.15, 0.2) is 11.1 Å². The number of aromatic nitrogens is 2. The van der Waals surface area contributed by atoms with E-state index in [0.717, 1.165) is 18.2 Å². The van der Waals surface area contributed by atoms with E-state index in [2.05, 4.69) is 29.1 Å². The average molecular weight is 347 g/mol. The number of rotatable bonds is 2. The molecule has 0 aromatic carbocycles. The average Bonchev–Trinajstić information content (AvgIpc) is 2.31. The number of anilines is 1. The van der Waals surface area contributed by atoms with E-state index >= 15 is 0 Å². The first-order chi connectivity index (χ1) is 8.09. The maximum absolute atomic E-state index is 11.5. The Morgan fingerprint density at radius 2 is 2.24 bits per heavy atom. The fourth-order valence-electron chi connectivity index (χ4n) is 2.44. The third-order valence-electron chi connectivity index (χ3n) is 3.83. The predicted octanol–water partition coefficient (Wildman–Crippen LogP) is 2.61. The van der Waals surface area contributed by atoms with E-state index in [1.54, 1.807) is 0 Å². The van der Waals surface area contributed by atoms with E-state index < -0.39 is 0 Å². The Kier molecular flexibility index (Phi) is 4.06. The summed E-state index contributed by atoms with van der Waals surface area (Å²) in [6.07, 6.45) is 5.18. The van der Waals surface area contributed by atoms with Gasteiger partial charge in [-0.15, -0.1) is 0 Å². The summed E-state index contributed by atoms with van der Waals surface area (Å²) in [5, 5.41) is 3.43. The van der Waals surface area contributed by atoms with Crippen LogP contribution in [0.25, 0.3) is 0 Å². The van der Waals surface area contributed by atoms with Crippen LogP contribution in [0.3, 0.4) is 0 Å². The minimum atomic E-state index is -0.0698. The number of aromatic amines is 1.